The molecule has 1 aromatic rings. The van der Waals surface area contributed by atoms with Crippen molar-refractivity contribution in [1.82, 2.24) is 30.3 Å². The van der Waals surface area contributed by atoms with E-state index in [1.807, 2.05) is 16.8 Å². The van der Waals surface area contributed by atoms with E-state index in [4.69, 9.17) is 4.74 Å². The molecular weight excluding hydrogens is 644 g/mol. The van der Waals surface area contributed by atoms with Crippen LogP contribution >= 0.6 is 0 Å². The number of nitrogens with one attached hydrogen (secondary N) is 2. The number of likely N-dealkylation sites (tertiary alicyclic amines) is 1. The van der Waals surface area contributed by atoms with E-state index in [2.05, 4.69) is 27.7 Å². The third kappa shape index (κ3) is 6.68. The summed E-state index contributed by atoms with van der Waals surface area (Å²) < 4.78 is 35.2. The quantitative estimate of drug-likeness (QED) is 0.452. The van der Waals surface area contributed by atoms with Crippen molar-refractivity contribution in [3.05, 3.63) is 41.5 Å². The lowest BCUT2D eigenvalue weighted by Crippen LogP contribution is -2.58. The maximum absolute atomic E-state index is 15.3. The van der Waals surface area contributed by atoms with E-state index in [0.29, 0.717) is 69.3 Å². The Bertz CT molecular complexity index is 1510. The minimum atomic E-state index is -1.21. The molecule has 1 unspecified atom stereocenters. The first kappa shape index (κ1) is 35.0. The number of rotatable bonds is 7. The molecule has 3 amide bonds. The van der Waals surface area contributed by atoms with Gasteiger partial charge in [0.1, 0.15) is 29.2 Å². The lowest BCUT2D eigenvalue weighted by molar-refractivity contribution is -0.148. The molecule has 7 rings (SSSR count). The van der Waals surface area contributed by atoms with E-state index in [0.717, 1.165) is 51.3 Å². The second-order valence-corrected chi connectivity index (χ2v) is 15.2. The molecule has 272 valence electrons. The molecule has 0 aromatic heterocycles. The number of carbonyl (C=O) groups excluding carboxylic acids is 3. The fourth-order valence-electron chi connectivity index (χ4n) is 9.02. The number of hydrazone groups is 1. The van der Waals surface area contributed by atoms with Gasteiger partial charge in [0.25, 0.3) is 5.91 Å². The smallest absolute Gasteiger partial charge is 0.252 e. The van der Waals surface area contributed by atoms with Crippen LogP contribution in [-0.2, 0) is 19.1 Å². The molecule has 0 radical (unpaired) electrons. The monoisotopic (exact) mass is 695 g/mol. The van der Waals surface area contributed by atoms with Gasteiger partial charge in [-0.1, -0.05) is 13.0 Å². The Morgan fingerprint density at radius 1 is 1.04 bits per heavy atom. The third-order valence-corrected chi connectivity index (χ3v) is 12.0. The van der Waals surface area contributed by atoms with Gasteiger partial charge in [0.05, 0.1) is 18.3 Å². The van der Waals surface area contributed by atoms with Crippen molar-refractivity contribution in [1.29, 1.82) is 0 Å². The molecule has 4 saturated heterocycles. The highest BCUT2D eigenvalue weighted by atomic mass is 19.1. The maximum atomic E-state index is 15.3. The van der Waals surface area contributed by atoms with E-state index in [-0.39, 0.29) is 48.5 Å². The van der Waals surface area contributed by atoms with Gasteiger partial charge in [0.2, 0.25) is 11.8 Å². The number of ether oxygens (including phenoxy) is 1. The summed E-state index contributed by atoms with van der Waals surface area (Å²) in [5.74, 6) is -1.20. The Morgan fingerprint density at radius 3 is 2.50 bits per heavy atom. The van der Waals surface area contributed by atoms with Crippen LogP contribution in [0.2, 0.25) is 0 Å². The van der Waals surface area contributed by atoms with Crippen LogP contribution in [0.3, 0.4) is 0 Å². The Hall–Kier alpha value is -3.42. The standard InChI is InChI=1S/C37H51F2N7O4/c1-24-5-8-26(9-6-24)46(35(48)32-4-3-19-50-32)27-21-31(34(47)44-17-15-43(2)16-18-44)45(22-27)36(49)37(12-14-40-23-37)33-29(11-13-41-42-33)28-10-7-25(38)20-30(28)39/h7,10-11,20,24,26-27,31-32,40-41H,3-6,8-9,12-19,21-23H2,1-2H3/t24?,26?,27-,31+,32+,37?/m1/s1. The molecular formula is C37H51F2N7O4. The summed E-state index contributed by atoms with van der Waals surface area (Å²) in [7, 11) is 2.04. The molecule has 13 heteroatoms. The first-order chi connectivity index (χ1) is 24.2. The van der Waals surface area contributed by atoms with Crippen LogP contribution in [0.1, 0.15) is 63.9 Å². The Kier molecular flexibility index (Phi) is 10.3. The van der Waals surface area contributed by atoms with Gasteiger partial charge in [-0.25, -0.2) is 8.78 Å². The fraction of sp³-hybridized carbons (Fsp3) is 0.676. The summed E-state index contributed by atoms with van der Waals surface area (Å²) in [6.07, 6.45) is 7.35. The predicted octanol–water partition coefficient (Wildman–Crippen LogP) is 2.62. The van der Waals surface area contributed by atoms with Gasteiger partial charge in [-0.05, 0) is 83.0 Å². The SMILES string of the molecule is CC1CCC(N(C(=O)[C@@H]2CCCO2)[C@@H]2C[C@@H](C(=O)N3CCN(C)CC3)N(C(=O)C3(C4=NNCC=C4c4ccc(F)cc4F)CCNC3)C2)CC1. The molecule has 1 aliphatic carbocycles. The molecule has 5 heterocycles. The number of hydrogen-bond donors (Lipinski definition) is 2. The number of piperazine rings is 1. The first-order valence-electron chi connectivity index (χ1n) is 18.6. The predicted molar refractivity (Wildman–Crippen MR) is 185 cm³/mol. The molecule has 4 atom stereocenters. The van der Waals surface area contributed by atoms with Crippen LogP contribution in [-0.4, -0.2) is 133 Å². The highest BCUT2D eigenvalue weighted by Crippen LogP contribution is 2.41. The minimum Gasteiger partial charge on any atom is -0.368 e. The van der Waals surface area contributed by atoms with Crippen molar-refractivity contribution in [3.8, 4) is 0 Å². The molecule has 11 nitrogen and oxygen atoms in total. The Morgan fingerprint density at radius 2 is 1.82 bits per heavy atom. The van der Waals surface area contributed by atoms with Crippen LogP contribution in [0.25, 0.3) is 5.57 Å². The van der Waals surface area contributed by atoms with Gasteiger partial charge in [0.15, 0.2) is 0 Å². The van der Waals surface area contributed by atoms with Gasteiger partial charge < -0.3 is 35.1 Å². The van der Waals surface area contributed by atoms with Crippen molar-refractivity contribution in [2.75, 3.05) is 66.0 Å². The van der Waals surface area contributed by atoms with Crippen LogP contribution in [0.5, 0.6) is 0 Å². The van der Waals surface area contributed by atoms with E-state index in [1.54, 1.807) is 11.0 Å². The number of benzene rings is 1. The summed E-state index contributed by atoms with van der Waals surface area (Å²) in [6, 6.07) is 2.36. The number of halogens is 2. The number of hydrogen-bond acceptors (Lipinski definition) is 8. The topological polar surface area (TPSA) is 110 Å². The number of nitrogens with zero attached hydrogens (tertiary/aromatic N) is 5. The van der Waals surface area contributed by atoms with Crippen molar-refractivity contribution < 1.29 is 27.9 Å². The van der Waals surface area contributed by atoms with E-state index >= 15 is 9.18 Å². The fourth-order valence-corrected chi connectivity index (χ4v) is 9.02. The summed E-state index contributed by atoms with van der Waals surface area (Å²) in [5.41, 5.74) is 2.79. The average molecular weight is 696 g/mol. The summed E-state index contributed by atoms with van der Waals surface area (Å²) >= 11 is 0. The van der Waals surface area contributed by atoms with E-state index in [1.165, 1.54) is 12.1 Å². The average Bonchev–Trinajstić information content (AvgIpc) is 3.92. The van der Waals surface area contributed by atoms with Crippen molar-refractivity contribution in [3.63, 3.8) is 0 Å². The number of amides is 3. The van der Waals surface area contributed by atoms with Gasteiger partial charge >= 0.3 is 0 Å². The van der Waals surface area contributed by atoms with E-state index in [9.17, 15) is 14.0 Å². The lowest BCUT2D eigenvalue weighted by Gasteiger charge is -2.41. The third-order valence-electron chi connectivity index (χ3n) is 12.0. The largest absolute Gasteiger partial charge is 0.368 e. The van der Waals surface area contributed by atoms with Crippen molar-refractivity contribution in [2.24, 2.45) is 16.4 Å². The minimum absolute atomic E-state index is 0.0207. The molecule has 50 heavy (non-hydrogen) atoms. The van der Waals surface area contributed by atoms with Crippen LogP contribution in [0.15, 0.2) is 29.4 Å². The second kappa shape index (κ2) is 14.7. The van der Waals surface area contributed by atoms with Gasteiger partial charge in [-0.15, -0.1) is 0 Å². The highest BCUT2D eigenvalue weighted by Gasteiger charge is 2.55. The zero-order chi connectivity index (χ0) is 35.0. The molecule has 6 aliphatic rings. The lowest BCUT2D eigenvalue weighted by atomic mass is 9.75. The van der Waals surface area contributed by atoms with Crippen LogP contribution in [0.4, 0.5) is 8.78 Å². The molecule has 5 aliphatic heterocycles. The van der Waals surface area contributed by atoms with E-state index < -0.39 is 29.2 Å². The van der Waals surface area contributed by atoms with Gasteiger partial charge in [0, 0.05) is 69.1 Å². The maximum Gasteiger partial charge on any atom is 0.252 e. The molecule has 5 fully saturated rings. The summed E-state index contributed by atoms with van der Waals surface area (Å²) in [5, 5.41) is 8.00. The van der Waals surface area contributed by atoms with Gasteiger partial charge in [-0.3, -0.25) is 14.4 Å². The first-order valence-corrected chi connectivity index (χ1v) is 18.6. The highest BCUT2D eigenvalue weighted by molar-refractivity contribution is 6.33. The molecule has 0 bridgehead atoms. The van der Waals surface area contributed by atoms with Crippen LogP contribution in [0, 0.1) is 23.0 Å². The Labute approximate surface area is 293 Å². The van der Waals surface area contributed by atoms with Crippen molar-refractivity contribution in [2.45, 2.75) is 82.5 Å². The zero-order valence-corrected chi connectivity index (χ0v) is 29.3. The number of carbonyl (C=O) groups is 3. The molecule has 2 N–H and O–H groups in total. The van der Waals surface area contributed by atoms with Crippen molar-refractivity contribution >= 4 is 29.0 Å². The Balaban J connectivity index is 1.25. The zero-order valence-electron chi connectivity index (χ0n) is 29.3. The molecule has 0 spiro atoms. The van der Waals surface area contributed by atoms with Crippen LogP contribution < -0.4 is 10.7 Å². The number of allylic oxidation sites excluding steroid dienone is 1. The second-order valence-electron chi connectivity index (χ2n) is 15.2. The van der Waals surface area contributed by atoms with Gasteiger partial charge in [-0.2, -0.15) is 5.10 Å². The number of likely N-dealkylation sites (N-methyl/N-ethyl adjacent to an activating group) is 1. The summed E-state index contributed by atoms with van der Waals surface area (Å²) in [6.45, 7) is 6.76. The molecule has 1 saturated carbocycles. The molecule has 1 aromatic carbocycles. The summed E-state index contributed by atoms with van der Waals surface area (Å²) in [4.78, 5) is 52.0. The normalized spacial score (nSPS) is 32.0.